The van der Waals surface area contributed by atoms with E-state index in [4.69, 9.17) is 0 Å². The van der Waals surface area contributed by atoms with Gasteiger partial charge in [0, 0.05) is 17.0 Å². The zero-order chi connectivity index (χ0) is 12.8. The van der Waals surface area contributed by atoms with Crippen LogP contribution in [0.15, 0.2) is 30.2 Å². The van der Waals surface area contributed by atoms with Crippen LogP contribution in [0, 0.1) is 5.92 Å². The molecule has 0 bridgehead atoms. The highest BCUT2D eigenvalue weighted by atomic mass is 32.1. The Morgan fingerprint density at radius 1 is 1.50 bits per heavy atom. The first-order valence-electron chi connectivity index (χ1n) is 7.21. The second-order valence-electron chi connectivity index (χ2n) is 5.47. The molecule has 2 unspecified atom stereocenters. The number of nitrogens with one attached hydrogen (secondary N) is 1. The lowest BCUT2D eigenvalue weighted by Crippen LogP contribution is -2.33. The molecule has 1 aromatic heterocycles. The van der Waals surface area contributed by atoms with E-state index in [0.717, 1.165) is 12.3 Å². The number of rotatable bonds is 7. The van der Waals surface area contributed by atoms with Gasteiger partial charge in [-0.3, -0.25) is 0 Å². The third-order valence-corrected chi connectivity index (χ3v) is 4.94. The minimum absolute atomic E-state index is 0.576. The van der Waals surface area contributed by atoms with Crippen LogP contribution in [-0.4, -0.2) is 6.04 Å². The van der Waals surface area contributed by atoms with Gasteiger partial charge in [-0.05, 0) is 50.0 Å². The van der Waals surface area contributed by atoms with Gasteiger partial charge in [0.2, 0.25) is 0 Å². The van der Waals surface area contributed by atoms with Gasteiger partial charge in [0.15, 0.2) is 0 Å². The predicted molar refractivity (Wildman–Crippen MR) is 81.0 cm³/mol. The molecule has 1 nitrogen and oxygen atoms in total. The van der Waals surface area contributed by atoms with E-state index >= 15 is 0 Å². The molecule has 1 saturated carbocycles. The van der Waals surface area contributed by atoms with Crippen LogP contribution in [0.4, 0.5) is 0 Å². The van der Waals surface area contributed by atoms with Crippen molar-refractivity contribution in [3.05, 3.63) is 35.0 Å². The standard InChI is InChI=1S/C16H25NS/c1-3-4-8-13(2)17-16(14-9-5-6-10-14)15-11-7-12-18-15/h3,7,11-14,16-17H,1,4-6,8-10H2,2H3. The molecule has 1 aliphatic carbocycles. The van der Waals surface area contributed by atoms with Crippen LogP contribution < -0.4 is 5.32 Å². The lowest BCUT2D eigenvalue weighted by atomic mass is 9.95. The van der Waals surface area contributed by atoms with E-state index in [0.29, 0.717) is 12.1 Å². The first-order chi connectivity index (χ1) is 8.81. The van der Waals surface area contributed by atoms with Gasteiger partial charge in [-0.1, -0.05) is 25.0 Å². The zero-order valence-electron chi connectivity index (χ0n) is 11.4. The fourth-order valence-electron chi connectivity index (χ4n) is 2.97. The van der Waals surface area contributed by atoms with Gasteiger partial charge >= 0.3 is 0 Å². The minimum Gasteiger partial charge on any atom is -0.306 e. The summed E-state index contributed by atoms with van der Waals surface area (Å²) < 4.78 is 0. The Morgan fingerprint density at radius 2 is 2.28 bits per heavy atom. The Labute approximate surface area is 115 Å². The molecule has 1 N–H and O–H groups in total. The summed E-state index contributed by atoms with van der Waals surface area (Å²) in [5, 5.41) is 6.06. The summed E-state index contributed by atoms with van der Waals surface area (Å²) >= 11 is 1.90. The highest BCUT2D eigenvalue weighted by molar-refractivity contribution is 7.10. The summed E-state index contributed by atoms with van der Waals surface area (Å²) in [4.78, 5) is 1.52. The van der Waals surface area contributed by atoms with E-state index in [9.17, 15) is 0 Å². The van der Waals surface area contributed by atoms with Gasteiger partial charge < -0.3 is 5.32 Å². The van der Waals surface area contributed by atoms with E-state index in [1.54, 1.807) is 0 Å². The maximum absolute atomic E-state index is 3.86. The van der Waals surface area contributed by atoms with Gasteiger partial charge in [0.05, 0.1) is 0 Å². The third kappa shape index (κ3) is 3.69. The summed E-state index contributed by atoms with van der Waals surface area (Å²) in [6.07, 6.45) is 9.93. The molecule has 1 fully saturated rings. The third-order valence-electron chi connectivity index (χ3n) is 3.99. The van der Waals surface area contributed by atoms with Crippen molar-refractivity contribution >= 4 is 11.3 Å². The molecule has 2 heteroatoms. The molecular formula is C16H25NS. The molecule has 0 spiro atoms. The van der Waals surface area contributed by atoms with Crippen molar-refractivity contribution in [2.45, 2.75) is 57.5 Å². The van der Waals surface area contributed by atoms with Crippen molar-refractivity contribution in [2.24, 2.45) is 5.92 Å². The molecule has 2 rings (SSSR count). The van der Waals surface area contributed by atoms with Crippen LogP contribution >= 0.6 is 11.3 Å². The van der Waals surface area contributed by atoms with Gasteiger partial charge in [-0.25, -0.2) is 0 Å². The molecule has 0 aliphatic heterocycles. The Balaban J connectivity index is 1.98. The Hall–Kier alpha value is -0.600. The summed E-state index contributed by atoms with van der Waals surface area (Å²) in [5.74, 6) is 0.842. The van der Waals surface area contributed by atoms with Crippen molar-refractivity contribution in [1.82, 2.24) is 5.32 Å². The number of thiophene rings is 1. The number of hydrogen-bond donors (Lipinski definition) is 1. The van der Waals surface area contributed by atoms with Crippen LogP contribution in [0.1, 0.15) is 56.4 Å². The first kappa shape index (κ1) is 13.8. The topological polar surface area (TPSA) is 12.0 Å². The van der Waals surface area contributed by atoms with Crippen LogP contribution in [-0.2, 0) is 0 Å². The molecule has 2 atom stereocenters. The highest BCUT2D eigenvalue weighted by Crippen LogP contribution is 2.37. The fourth-order valence-corrected chi connectivity index (χ4v) is 3.85. The van der Waals surface area contributed by atoms with Gasteiger partial charge in [-0.15, -0.1) is 17.9 Å². The molecule has 0 radical (unpaired) electrons. The molecule has 0 aromatic carbocycles. The maximum Gasteiger partial charge on any atom is 0.0445 e. The molecular weight excluding hydrogens is 238 g/mol. The van der Waals surface area contributed by atoms with E-state index in [2.05, 4.69) is 36.3 Å². The average Bonchev–Trinajstić information content (AvgIpc) is 3.05. The fraction of sp³-hybridized carbons (Fsp3) is 0.625. The predicted octanol–water partition coefficient (Wildman–Crippen LogP) is 4.92. The highest BCUT2D eigenvalue weighted by Gasteiger charge is 2.27. The van der Waals surface area contributed by atoms with Crippen molar-refractivity contribution in [3.8, 4) is 0 Å². The van der Waals surface area contributed by atoms with E-state index < -0.39 is 0 Å². The first-order valence-corrected chi connectivity index (χ1v) is 8.09. The summed E-state index contributed by atoms with van der Waals surface area (Å²) in [6, 6.07) is 5.63. The Kier molecular flexibility index (Phi) is 5.45. The molecule has 18 heavy (non-hydrogen) atoms. The molecule has 0 amide bonds. The van der Waals surface area contributed by atoms with E-state index in [1.165, 1.54) is 37.0 Å². The monoisotopic (exact) mass is 263 g/mol. The molecule has 100 valence electrons. The lowest BCUT2D eigenvalue weighted by Gasteiger charge is -2.27. The summed E-state index contributed by atoms with van der Waals surface area (Å²) in [7, 11) is 0. The maximum atomic E-state index is 3.86. The quantitative estimate of drug-likeness (QED) is 0.688. The van der Waals surface area contributed by atoms with Crippen LogP contribution in [0.2, 0.25) is 0 Å². The second kappa shape index (κ2) is 7.10. The molecule has 0 saturated heterocycles. The van der Waals surface area contributed by atoms with Gasteiger partial charge in [-0.2, -0.15) is 0 Å². The SMILES string of the molecule is C=CCCC(C)NC(c1cccs1)C1CCCC1. The lowest BCUT2D eigenvalue weighted by molar-refractivity contribution is 0.333. The summed E-state index contributed by atoms with van der Waals surface area (Å²) in [5.41, 5.74) is 0. The van der Waals surface area contributed by atoms with Crippen molar-refractivity contribution in [1.29, 1.82) is 0 Å². The van der Waals surface area contributed by atoms with Crippen LogP contribution in [0.3, 0.4) is 0 Å². The molecule has 1 aromatic rings. The Bertz CT molecular complexity index is 338. The smallest absolute Gasteiger partial charge is 0.0445 e. The molecule has 1 heterocycles. The Morgan fingerprint density at radius 3 is 2.89 bits per heavy atom. The average molecular weight is 263 g/mol. The minimum atomic E-state index is 0.576. The van der Waals surface area contributed by atoms with Gasteiger partial charge in [0.1, 0.15) is 0 Å². The van der Waals surface area contributed by atoms with Crippen molar-refractivity contribution in [2.75, 3.05) is 0 Å². The van der Waals surface area contributed by atoms with Crippen LogP contribution in [0.25, 0.3) is 0 Å². The number of allylic oxidation sites excluding steroid dienone is 1. The number of hydrogen-bond acceptors (Lipinski definition) is 2. The van der Waals surface area contributed by atoms with Crippen molar-refractivity contribution in [3.63, 3.8) is 0 Å². The second-order valence-corrected chi connectivity index (χ2v) is 6.45. The van der Waals surface area contributed by atoms with E-state index in [-0.39, 0.29) is 0 Å². The zero-order valence-corrected chi connectivity index (χ0v) is 12.2. The van der Waals surface area contributed by atoms with Crippen molar-refractivity contribution < 1.29 is 0 Å². The van der Waals surface area contributed by atoms with E-state index in [1.807, 2.05) is 17.4 Å². The largest absolute Gasteiger partial charge is 0.306 e. The van der Waals surface area contributed by atoms with Gasteiger partial charge in [0.25, 0.3) is 0 Å². The van der Waals surface area contributed by atoms with Crippen LogP contribution in [0.5, 0.6) is 0 Å². The molecule has 1 aliphatic rings. The normalized spacial score (nSPS) is 19.8. The summed E-state index contributed by atoms with van der Waals surface area (Å²) in [6.45, 7) is 6.12.